The van der Waals surface area contributed by atoms with E-state index in [-0.39, 0.29) is 17.9 Å². The molecule has 0 radical (unpaired) electrons. The second-order valence-electron chi connectivity index (χ2n) is 6.71. The van der Waals surface area contributed by atoms with Crippen LogP contribution in [-0.2, 0) is 5.41 Å². The molecule has 5 nitrogen and oxygen atoms in total. The van der Waals surface area contributed by atoms with Crippen molar-refractivity contribution in [3.63, 3.8) is 0 Å². The number of hydrogen-bond acceptors (Lipinski definition) is 5. The zero-order chi connectivity index (χ0) is 16.0. The minimum Gasteiger partial charge on any atom is -0.396 e. The van der Waals surface area contributed by atoms with E-state index in [1.54, 1.807) is 0 Å². The largest absolute Gasteiger partial charge is 0.396 e. The molecule has 0 amide bonds. The summed E-state index contributed by atoms with van der Waals surface area (Å²) < 4.78 is 0. The van der Waals surface area contributed by atoms with E-state index in [0.29, 0.717) is 6.54 Å². The summed E-state index contributed by atoms with van der Waals surface area (Å²) in [7, 11) is 0. The zero-order valence-electron chi connectivity index (χ0n) is 14.2. The Bertz CT molecular complexity index is 454. The molecule has 0 bridgehead atoms. The summed E-state index contributed by atoms with van der Waals surface area (Å²) in [6.45, 7) is 14.3. The van der Waals surface area contributed by atoms with Crippen LogP contribution in [0.15, 0.2) is 0 Å². The Hall–Kier alpha value is -1.36. The molecule has 5 heteroatoms. The number of aliphatic hydroxyl groups is 1. The Morgan fingerprint density at radius 1 is 1.14 bits per heavy atom. The average molecular weight is 294 g/mol. The molecular formula is C16H30N4O. The average Bonchev–Trinajstić information content (AvgIpc) is 2.43. The number of hydrogen-bond donors (Lipinski definition) is 3. The summed E-state index contributed by atoms with van der Waals surface area (Å²) in [6, 6.07) is 0. The molecule has 0 fully saturated rings. The van der Waals surface area contributed by atoms with Crippen LogP contribution >= 0.6 is 0 Å². The standard InChI is InChI=1S/C16H30N4O/c1-7-8-17-13-12(3)14(18-9-11(2)10-21)20-15(19-13)16(4,5)6/h11,21H,7-10H2,1-6H3,(H2,17,18,19,20). The van der Waals surface area contributed by atoms with Crippen LogP contribution < -0.4 is 10.6 Å². The lowest BCUT2D eigenvalue weighted by Gasteiger charge is -2.22. The number of aromatic nitrogens is 2. The van der Waals surface area contributed by atoms with E-state index >= 15 is 0 Å². The van der Waals surface area contributed by atoms with Crippen molar-refractivity contribution in [2.24, 2.45) is 5.92 Å². The maximum absolute atomic E-state index is 9.15. The third-order valence-corrected chi connectivity index (χ3v) is 3.29. The zero-order valence-corrected chi connectivity index (χ0v) is 14.2. The Balaban J connectivity index is 3.08. The maximum atomic E-state index is 9.15. The lowest BCUT2D eigenvalue weighted by molar-refractivity contribution is 0.244. The Labute approximate surface area is 128 Å². The van der Waals surface area contributed by atoms with Gasteiger partial charge in [0.1, 0.15) is 17.5 Å². The SMILES string of the molecule is CCCNc1nc(C(C)(C)C)nc(NCC(C)CO)c1C. The highest BCUT2D eigenvalue weighted by Gasteiger charge is 2.21. The third-order valence-electron chi connectivity index (χ3n) is 3.29. The van der Waals surface area contributed by atoms with Crippen LogP contribution in [0, 0.1) is 12.8 Å². The second kappa shape index (κ2) is 7.59. The second-order valence-corrected chi connectivity index (χ2v) is 6.71. The minimum absolute atomic E-state index is 0.102. The first-order valence-corrected chi connectivity index (χ1v) is 7.77. The molecule has 1 unspecified atom stereocenters. The Kier molecular flexibility index (Phi) is 6.40. The fourth-order valence-electron chi connectivity index (χ4n) is 1.78. The van der Waals surface area contributed by atoms with Gasteiger partial charge in [0.05, 0.1) is 0 Å². The van der Waals surface area contributed by atoms with Gasteiger partial charge in [0, 0.05) is 30.7 Å². The molecule has 21 heavy (non-hydrogen) atoms. The number of nitrogens with zero attached hydrogens (tertiary/aromatic N) is 2. The smallest absolute Gasteiger partial charge is 0.138 e. The summed E-state index contributed by atoms with van der Waals surface area (Å²) in [6.07, 6.45) is 1.05. The molecule has 1 rings (SSSR count). The number of rotatable bonds is 7. The van der Waals surface area contributed by atoms with E-state index in [9.17, 15) is 0 Å². The molecule has 0 aliphatic carbocycles. The predicted octanol–water partition coefficient (Wildman–Crippen LogP) is 2.94. The van der Waals surface area contributed by atoms with Crippen LogP contribution in [0.2, 0.25) is 0 Å². The van der Waals surface area contributed by atoms with Gasteiger partial charge in [0.25, 0.3) is 0 Å². The van der Waals surface area contributed by atoms with Gasteiger partial charge in [-0.3, -0.25) is 0 Å². The van der Waals surface area contributed by atoms with Crippen molar-refractivity contribution < 1.29 is 5.11 Å². The van der Waals surface area contributed by atoms with Crippen LogP contribution in [-0.4, -0.2) is 34.8 Å². The van der Waals surface area contributed by atoms with E-state index < -0.39 is 0 Å². The molecule has 0 aliphatic rings. The fourth-order valence-corrected chi connectivity index (χ4v) is 1.78. The maximum Gasteiger partial charge on any atom is 0.138 e. The summed E-state index contributed by atoms with van der Waals surface area (Å²) in [5.41, 5.74) is 0.927. The summed E-state index contributed by atoms with van der Waals surface area (Å²) in [5, 5.41) is 15.9. The van der Waals surface area contributed by atoms with E-state index in [4.69, 9.17) is 5.11 Å². The summed E-state index contributed by atoms with van der Waals surface area (Å²) in [5.74, 6) is 2.78. The molecule has 120 valence electrons. The van der Waals surface area contributed by atoms with Crippen molar-refractivity contribution in [2.75, 3.05) is 30.3 Å². The quantitative estimate of drug-likeness (QED) is 0.721. The topological polar surface area (TPSA) is 70.1 Å². The number of nitrogens with one attached hydrogen (secondary N) is 2. The van der Waals surface area contributed by atoms with Crippen molar-refractivity contribution in [2.45, 2.75) is 53.4 Å². The van der Waals surface area contributed by atoms with Crippen LogP contribution in [0.1, 0.15) is 52.4 Å². The van der Waals surface area contributed by atoms with E-state index in [1.165, 1.54) is 0 Å². The predicted molar refractivity (Wildman–Crippen MR) is 89.0 cm³/mol. The highest BCUT2D eigenvalue weighted by molar-refractivity contribution is 5.57. The van der Waals surface area contributed by atoms with Crippen molar-refractivity contribution in [3.05, 3.63) is 11.4 Å². The lowest BCUT2D eigenvalue weighted by Crippen LogP contribution is -2.22. The number of aliphatic hydroxyl groups excluding tert-OH is 1. The van der Waals surface area contributed by atoms with Crippen LogP contribution in [0.4, 0.5) is 11.6 Å². The van der Waals surface area contributed by atoms with E-state index in [1.807, 2.05) is 13.8 Å². The Morgan fingerprint density at radius 3 is 2.19 bits per heavy atom. The molecular weight excluding hydrogens is 264 g/mol. The first-order chi connectivity index (χ1) is 9.79. The van der Waals surface area contributed by atoms with E-state index in [2.05, 4.69) is 48.3 Å². The molecule has 0 aliphatic heterocycles. The highest BCUT2D eigenvalue weighted by atomic mass is 16.3. The lowest BCUT2D eigenvalue weighted by atomic mass is 9.95. The van der Waals surface area contributed by atoms with E-state index in [0.717, 1.165) is 36.0 Å². The molecule has 1 aromatic heterocycles. The van der Waals surface area contributed by atoms with Crippen LogP contribution in [0.5, 0.6) is 0 Å². The first kappa shape index (κ1) is 17.7. The first-order valence-electron chi connectivity index (χ1n) is 7.77. The summed E-state index contributed by atoms with van der Waals surface area (Å²) in [4.78, 5) is 9.35. The number of anilines is 2. The fraction of sp³-hybridized carbons (Fsp3) is 0.750. The van der Waals surface area contributed by atoms with Gasteiger partial charge in [-0.2, -0.15) is 0 Å². The van der Waals surface area contributed by atoms with Crippen molar-refractivity contribution >= 4 is 11.6 Å². The molecule has 1 aromatic rings. The third kappa shape index (κ3) is 5.16. The molecule has 0 saturated carbocycles. The molecule has 0 spiro atoms. The van der Waals surface area contributed by atoms with Gasteiger partial charge < -0.3 is 15.7 Å². The molecule has 3 N–H and O–H groups in total. The minimum atomic E-state index is -0.102. The Morgan fingerprint density at radius 2 is 1.71 bits per heavy atom. The van der Waals surface area contributed by atoms with Crippen LogP contribution in [0.25, 0.3) is 0 Å². The molecule has 0 saturated heterocycles. The van der Waals surface area contributed by atoms with Gasteiger partial charge in [-0.1, -0.05) is 34.6 Å². The van der Waals surface area contributed by atoms with Crippen molar-refractivity contribution in [3.8, 4) is 0 Å². The van der Waals surface area contributed by atoms with Crippen LogP contribution in [0.3, 0.4) is 0 Å². The summed E-state index contributed by atoms with van der Waals surface area (Å²) >= 11 is 0. The van der Waals surface area contributed by atoms with Gasteiger partial charge >= 0.3 is 0 Å². The molecule has 1 heterocycles. The van der Waals surface area contributed by atoms with Gasteiger partial charge in [-0.15, -0.1) is 0 Å². The van der Waals surface area contributed by atoms with Crippen molar-refractivity contribution in [1.29, 1.82) is 0 Å². The van der Waals surface area contributed by atoms with Gasteiger partial charge in [-0.05, 0) is 19.3 Å². The molecule has 1 atom stereocenters. The van der Waals surface area contributed by atoms with Crippen molar-refractivity contribution in [1.82, 2.24) is 9.97 Å². The highest BCUT2D eigenvalue weighted by Crippen LogP contribution is 2.26. The van der Waals surface area contributed by atoms with Gasteiger partial charge in [0.2, 0.25) is 0 Å². The normalized spacial score (nSPS) is 13.1. The molecule has 0 aromatic carbocycles. The van der Waals surface area contributed by atoms with Gasteiger partial charge in [0.15, 0.2) is 0 Å². The van der Waals surface area contributed by atoms with Gasteiger partial charge in [-0.25, -0.2) is 9.97 Å². The monoisotopic (exact) mass is 294 g/mol.